The molecule has 0 saturated carbocycles. The van der Waals surface area contributed by atoms with Crippen LogP contribution in [0, 0.1) is 17.1 Å². The van der Waals surface area contributed by atoms with Crippen LogP contribution < -0.4 is 4.72 Å². The fraction of sp³-hybridized carbons (Fsp3) is 0.364. The highest BCUT2D eigenvalue weighted by molar-refractivity contribution is 7.93. The monoisotopic (exact) mass is 320 g/mol. The van der Waals surface area contributed by atoms with E-state index in [-0.39, 0.29) is 17.7 Å². The molecule has 6 nitrogen and oxygen atoms in total. The molecule has 0 fully saturated rings. The molecule has 0 saturated heterocycles. The molecule has 0 bridgehead atoms. The van der Waals surface area contributed by atoms with Crippen LogP contribution in [0.2, 0.25) is 0 Å². The molecule has 1 N–H and O–H groups in total. The van der Waals surface area contributed by atoms with E-state index in [1.807, 2.05) is 0 Å². The average Bonchev–Trinajstić information content (AvgIpc) is 2.34. The SMILES string of the molecule is CS(=O)(=O)CCS(=O)(=O)NCc1ccc(C#N)cc1F. The molecule has 20 heavy (non-hydrogen) atoms. The van der Waals surface area contributed by atoms with Gasteiger partial charge in [0.1, 0.15) is 15.7 Å². The van der Waals surface area contributed by atoms with Crippen molar-refractivity contribution in [2.45, 2.75) is 6.54 Å². The molecule has 0 aliphatic rings. The van der Waals surface area contributed by atoms with Crippen LogP contribution in [0.15, 0.2) is 18.2 Å². The summed E-state index contributed by atoms with van der Waals surface area (Å²) in [7, 11) is -7.19. The molecule has 0 spiro atoms. The summed E-state index contributed by atoms with van der Waals surface area (Å²) < 4.78 is 60.5. The highest BCUT2D eigenvalue weighted by Crippen LogP contribution is 2.10. The predicted octanol–water partition coefficient (Wildman–Crippen LogP) is 0.161. The molecule has 0 radical (unpaired) electrons. The number of nitriles is 1. The Balaban J connectivity index is 2.70. The summed E-state index contributed by atoms with van der Waals surface area (Å²) in [6.45, 7) is -0.302. The Kier molecular flexibility index (Phi) is 5.21. The second-order valence-corrected chi connectivity index (χ2v) is 8.37. The van der Waals surface area contributed by atoms with Crippen LogP contribution in [0.5, 0.6) is 0 Å². The fourth-order valence-corrected chi connectivity index (χ4v) is 3.89. The van der Waals surface area contributed by atoms with Crippen molar-refractivity contribution >= 4 is 19.9 Å². The van der Waals surface area contributed by atoms with Gasteiger partial charge < -0.3 is 0 Å². The number of sulfonamides is 1. The van der Waals surface area contributed by atoms with E-state index in [0.29, 0.717) is 0 Å². The van der Waals surface area contributed by atoms with E-state index in [1.54, 1.807) is 6.07 Å². The Bertz CT molecular complexity index is 736. The van der Waals surface area contributed by atoms with Crippen LogP contribution in [-0.2, 0) is 26.4 Å². The maximum Gasteiger partial charge on any atom is 0.212 e. The zero-order valence-electron chi connectivity index (χ0n) is 10.6. The highest BCUT2D eigenvalue weighted by atomic mass is 32.2. The van der Waals surface area contributed by atoms with E-state index in [0.717, 1.165) is 12.3 Å². The van der Waals surface area contributed by atoms with Gasteiger partial charge >= 0.3 is 0 Å². The number of nitrogens with one attached hydrogen (secondary N) is 1. The van der Waals surface area contributed by atoms with Crippen LogP contribution in [0.3, 0.4) is 0 Å². The first-order valence-corrected chi connectivity index (χ1v) is 9.18. The van der Waals surface area contributed by atoms with Crippen LogP contribution in [0.25, 0.3) is 0 Å². The molecule has 1 aromatic carbocycles. The summed E-state index contributed by atoms with van der Waals surface area (Å²) in [5, 5.41) is 8.57. The van der Waals surface area contributed by atoms with E-state index in [2.05, 4.69) is 4.72 Å². The number of benzene rings is 1. The molecule has 1 rings (SSSR count). The van der Waals surface area contributed by atoms with Crippen molar-refractivity contribution in [3.8, 4) is 6.07 Å². The van der Waals surface area contributed by atoms with Gasteiger partial charge in [0.05, 0.1) is 23.1 Å². The van der Waals surface area contributed by atoms with Crippen molar-refractivity contribution in [2.24, 2.45) is 0 Å². The van der Waals surface area contributed by atoms with E-state index < -0.39 is 37.2 Å². The second kappa shape index (κ2) is 6.30. The predicted molar refractivity (Wildman–Crippen MR) is 71.5 cm³/mol. The summed E-state index contributed by atoms with van der Waals surface area (Å²) in [6, 6.07) is 5.42. The van der Waals surface area contributed by atoms with Gasteiger partial charge in [0.15, 0.2) is 0 Å². The van der Waals surface area contributed by atoms with Gasteiger partial charge in [-0.15, -0.1) is 0 Å². The summed E-state index contributed by atoms with van der Waals surface area (Å²) >= 11 is 0. The standard InChI is InChI=1S/C11H13FN2O4S2/c1-19(15,16)4-5-20(17,18)14-8-10-3-2-9(7-13)6-11(10)12/h2-3,6,14H,4-5,8H2,1H3. The number of rotatable bonds is 6. The van der Waals surface area contributed by atoms with Gasteiger partial charge in [-0.1, -0.05) is 6.07 Å². The van der Waals surface area contributed by atoms with Crippen molar-refractivity contribution in [2.75, 3.05) is 17.8 Å². The third-order valence-corrected chi connectivity index (χ3v) is 4.92. The lowest BCUT2D eigenvalue weighted by molar-refractivity contribution is 0.572. The lowest BCUT2D eigenvalue weighted by Gasteiger charge is -2.07. The number of hydrogen-bond acceptors (Lipinski definition) is 5. The van der Waals surface area contributed by atoms with Gasteiger partial charge in [-0.25, -0.2) is 25.9 Å². The molecular formula is C11H13FN2O4S2. The van der Waals surface area contributed by atoms with E-state index in [9.17, 15) is 21.2 Å². The first-order valence-electron chi connectivity index (χ1n) is 5.46. The van der Waals surface area contributed by atoms with E-state index in [1.165, 1.54) is 12.1 Å². The zero-order valence-corrected chi connectivity index (χ0v) is 12.3. The van der Waals surface area contributed by atoms with Crippen LogP contribution in [-0.4, -0.2) is 34.6 Å². The number of sulfone groups is 1. The van der Waals surface area contributed by atoms with Crippen LogP contribution in [0.4, 0.5) is 4.39 Å². The normalized spacial score (nSPS) is 12.1. The minimum absolute atomic E-state index is 0.0759. The number of hydrogen-bond donors (Lipinski definition) is 1. The molecule has 0 aliphatic heterocycles. The molecule has 1 aromatic rings. The maximum absolute atomic E-state index is 13.5. The largest absolute Gasteiger partial charge is 0.229 e. The topological polar surface area (TPSA) is 104 Å². The second-order valence-electron chi connectivity index (χ2n) is 4.19. The van der Waals surface area contributed by atoms with Crippen molar-refractivity contribution in [3.63, 3.8) is 0 Å². The summed E-state index contributed by atoms with van der Waals surface area (Å²) in [5.41, 5.74) is 0.207. The number of halogens is 1. The van der Waals surface area contributed by atoms with Crippen molar-refractivity contribution < 1.29 is 21.2 Å². The molecule has 0 heterocycles. The van der Waals surface area contributed by atoms with Crippen molar-refractivity contribution in [3.05, 3.63) is 35.1 Å². The third-order valence-electron chi connectivity index (χ3n) is 2.39. The Morgan fingerprint density at radius 2 is 1.90 bits per heavy atom. The molecule has 110 valence electrons. The molecule has 9 heteroatoms. The molecular weight excluding hydrogens is 307 g/mol. The molecule has 0 unspecified atom stereocenters. The van der Waals surface area contributed by atoms with Crippen molar-refractivity contribution in [1.29, 1.82) is 5.26 Å². The lowest BCUT2D eigenvalue weighted by Crippen LogP contribution is -2.29. The van der Waals surface area contributed by atoms with Gasteiger partial charge in [0.25, 0.3) is 0 Å². The molecule has 0 aromatic heterocycles. The van der Waals surface area contributed by atoms with E-state index in [4.69, 9.17) is 5.26 Å². The Morgan fingerprint density at radius 3 is 2.40 bits per heavy atom. The molecule has 0 amide bonds. The maximum atomic E-state index is 13.5. The highest BCUT2D eigenvalue weighted by Gasteiger charge is 2.15. The van der Waals surface area contributed by atoms with Gasteiger partial charge in [-0.3, -0.25) is 0 Å². The van der Waals surface area contributed by atoms with Gasteiger partial charge in [-0.2, -0.15) is 5.26 Å². The Labute approximate surface area is 117 Å². The minimum Gasteiger partial charge on any atom is -0.229 e. The van der Waals surface area contributed by atoms with Crippen LogP contribution >= 0.6 is 0 Å². The molecule has 0 aliphatic carbocycles. The van der Waals surface area contributed by atoms with Gasteiger partial charge in [0.2, 0.25) is 10.0 Å². The third kappa shape index (κ3) is 5.64. The summed E-state index contributed by atoms with van der Waals surface area (Å²) in [4.78, 5) is 0. The van der Waals surface area contributed by atoms with E-state index >= 15 is 0 Å². The van der Waals surface area contributed by atoms with Gasteiger partial charge in [0, 0.05) is 18.4 Å². The first-order chi connectivity index (χ1) is 9.13. The Hall–Kier alpha value is -1.50. The smallest absolute Gasteiger partial charge is 0.212 e. The quantitative estimate of drug-likeness (QED) is 0.804. The Morgan fingerprint density at radius 1 is 1.25 bits per heavy atom. The first kappa shape index (κ1) is 16.6. The fourth-order valence-electron chi connectivity index (χ4n) is 1.28. The van der Waals surface area contributed by atoms with Crippen LogP contribution in [0.1, 0.15) is 11.1 Å². The minimum atomic E-state index is -3.81. The summed E-state index contributed by atoms with van der Waals surface area (Å²) in [5.74, 6) is -1.78. The summed E-state index contributed by atoms with van der Waals surface area (Å²) in [6.07, 6.45) is 0.933. The zero-order chi connectivity index (χ0) is 15.4. The van der Waals surface area contributed by atoms with Gasteiger partial charge in [-0.05, 0) is 12.1 Å². The average molecular weight is 320 g/mol. The van der Waals surface area contributed by atoms with Crippen molar-refractivity contribution in [1.82, 2.24) is 4.72 Å². The lowest BCUT2D eigenvalue weighted by atomic mass is 10.1. The number of nitrogens with zero attached hydrogens (tertiary/aromatic N) is 1. The molecule has 0 atom stereocenters.